The van der Waals surface area contributed by atoms with E-state index in [1.165, 1.54) is 17.3 Å². The number of aryl methyl sites for hydroxylation is 2. The average molecular weight is 331 g/mol. The fraction of sp³-hybridized carbons (Fsp3) is 0.267. The van der Waals surface area contributed by atoms with Gasteiger partial charge in [-0.15, -0.1) is 0 Å². The van der Waals surface area contributed by atoms with Crippen molar-refractivity contribution in [1.82, 2.24) is 10.3 Å². The molecule has 1 aromatic carbocycles. The van der Waals surface area contributed by atoms with Gasteiger partial charge < -0.3 is 5.73 Å². The number of primary amides is 1. The second kappa shape index (κ2) is 5.96. The molecule has 0 saturated heterocycles. The number of thioether (sulfide) groups is 1. The summed E-state index contributed by atoms with van der Waals surface area (Å²) in [6.07, 6.45) is 2.88. The summed E-state index contributed by atoms with van der Waals surface area (Å²) in [5, 5.41) is 4.67. The SMILES string of the molecule is Cc1ccc(N2C=CN3C(SCC(N)=O)=NNC3C2=O)cc1C. The molecule has 2 aliphatic heterocycles. The lowest BCUT2D eigenvalue weighted by Gasteiger charge is -2.32. The molecule has 8 heteroatoms. The molecule has 23 heavy (non-hydrogen) atoms. The zero-order chi connectivity index (χ0) is 16.6. The summed E-state index contributed by atoms with van der Waals surface area (Å²) in [5.74, 6) is -0.438. The number of nitrogens with two attached hydrogens (primary N) is 1. The van der Waals surface area contributed by atoms with Crippen molar-refractivity contribution in [2.45, 2.75) is 20.0 Å². The van der Waals surface area contributed by atoms with Crippen LogP contribution < -0.4 is 16.1 Å². The number of anilines is 1. The molecule has 0 radical (unpaired) electrons. The Labute approximate surface area is 138 Å². The predicted octanol–water partition coefficient (Wildman–Crippen LogP) is 0.842. The van der Waals surface area contributed by atoms with Crippen LogP contribution in [0.5, 0.6) is 0 Å². The van der Waals surface area contributed by atoms with Gasteiger partial charge in [0.2, 0.25) is 12.1 Å². The van der Waals surface area contributed by atoms with Crippen LogP contribution in [0.1, 0.15) is 11.1 Å². The zero-order valence-corrected chi connectivity index (χ0v) is 13.6. The van der Waals surface area contributed by atoms with Crippen LogP contribution in [0.4, 0.5) is 5.69 Å². The van der Waals surface area contributed by atoms with Gasteiger partial charge in [-0.25, -0.2) is 0 Å². The van der Waals surface area contributed by atoms with E-state index in [9.17, 15) is 9.59 Å². The lowest BCUT2D eigenvalue weighted by Crippen LogP contribution is -2.52. The van der Waals surface area contributed by atoms with E-state index in [1.54, 1.807) is 22.2 Å². The maximum atomic E-state index is 12.7. The van der Waals surface area contributed by atoms with Gasteiger partial charge in [0.05, 0.1) is 5.75 Å². The number of nitrogens with one attached hydrogen (secondary N) is 1. The number of hydrogen-bond acceptors (Lipinski definition) is 6. The number of carbonyl (C=O) groups is 2. The van der Waals surface area contributed by atoms with E-state index in [2.05, 4.69) is 10.5 Å². The Hall–Kier alpha value is -2.48. The summed E-state index contributed by atoms with van der Waals surface area (Å²) in [6.45, 7) is 4.04. The quantitative estimate of drug-likeness (QED) is 0.856. The van der Waals surface area contributed by atoms with E-state index in [1.807, 2.05) is 32.0 Å². The number of amidine groups is 1. The summed E-state index contributed by atoms with van der Waals surface area (Å²) < 4.78 is 0. The maximum absolute atomic E-state index is 12.7. The third-order valence-corrected chi connectivity index (χ3v) is 4.73. The largest absolute Gasteiger partial charge is 0.369 e. The minimum atomic E-state index is -0.600. The van der Waals surface area contributed by atoms with Gasteiger partial charge in [-0.05, 0) is 37.1 Å². The first-order chi connectivity index (χ1) is 11.0. The van der Waals surface area contributed by atoms with E-state index in [4.69, 9.17) is 5.73 Å². The number of hydrazone groups is 1. The number of carbonyl (C=O) groups excluding carboxylic acids is 2. The smallest absolute Gasteiger partial charge is 0.276 e. The molecule has 0 aliphatic carbocycles. The van der Waals surface area contributed by atoms with Crippen LogP contribution in [0.15, 0.2) is 35.7 Å². The van der Waals surface area contributed by atoms with Crippen molar-refractivity contribution in [3.05, 3.63) is 41.7 Å². The van der Waals surface area contributed by atoms with Gasteiger partial charge in [0.1, 0.15) is 0 Å². The van der Waals surface area contributed by atoms with Crippen molar-refractivity contribution < 1.29 is 9.59 Å². The van der Waals surface area contributed by atoms with Crippen molar-refractivity contribution in [1.29, 1.82) is 0 Å². The minimum Gasteiger partial charge on any atom is -0.369 e. The first-order valence-corrected chi connectivity index (χ1v) is 8.07. The summed E-state index contributed by atoms with van der Waals surface area (Å²) in [5.41, 5.74) is 11.1. The highest BCUT2D eigenvalue weighted by atomic mass is 32.2. The Kier molecular flexibility index (Phi) is 3.99. The molecule has 2 heterocycles. The molecule has 0 fully saturated rings. The zero-order valence-electron chi connectivity index (χ0n) is 12.8. The third-order valence-electron chi connectivity index (χ3n) is 3.74. The average Bonchev–Trinajstić information content (AvgIpc) is 2.92. The maximum Gasteiger partial charge on any atom is 0.276 e. The van der Waals surface area contributed by atoms with Gasteiger partial charge in [-0.2, -0.15) is 5.10 Å². The van der Waals surface area contributed by atoms with E-state index < -0.39 is 12.1 Å². The second-order valence-corrected chi connectivity index (χ2v) is 6.31. The van der Waals surface area contributed by atoms with E-state index in [0.717, 1.165) is 11.3 Å². The monoisotopic (exact) mass is 331 g/mol. The molecule has 7 nitrogen and oxygen atoms in total. The Morgan fingerprint density at radius 3 is 2.83 bits per heavy atom. The van der Waals surface area contributed by atoms with Crippen LogP contribution in [-0.4, -0.2) is 33.8 Å². The fourth-order valence-corrected chi connectivity index (χ4v) is 3.05. The number of fused-ring (bicyclic) bond motifs is 1. The molecule has 1 atom stereocenters. The highest BCUT2D eigenvalue weighted by molar-refractivity contribution is 8.14. The molecule has 2 amide bonds. The van der Waals surface area contributed by atoms with Crippen LogP contribution >= 0.6 is 11.8 Å². The summed E-state index contributed by atoms with van der Waals surface area (Å²) in [4.78, 5) is 26.9. The molecule has 120 valence electrons. The molecule has 1 aromatic rings. The lowest BCUT2D eigenvalue weighted by molar-refractivity contribution is -0.122. The van der Waals surface area contributed by atoms with Crippen molar-refractivity contribution >= 4 is 34.4 Å². The van der Waals surface area contributed by atoms with Crippen molar-refractivity contribution in [2.75, 3.05) is 10.7 Å². The molecule has 3 rings (SSSR count). The molecule has 0 aromatic heterocycles. The Bertz CT molecular complexity index is 731. The van der Waals surface area contributed by atoms with Gasteiger partial charge in [0.15, 0.2) is 5.17 Å². The highest BCUT2D eigenvalue weighted by Crippen LogP contribution is 2.26. The topological polar surface area (TPSA) is 91.0 Å². The molecule has 1 unspecified atom stereocenters. The molecule has 0 bridgehead atoms. The molecule has 2 aliphatic rings. The summed E-state index contributed by atoms with van der Waals surface area (Å²) in [6, 6.07) is 5.88. The van der Waals surface area contributed by atoms with Gasteiger partial charge in [0, 0.05) is 18.1 Å². The van der Waals surface area contributed by atoms with Crippen LogP contribution in [0.25, 0.3) is 0 Å². The van der Waals surface area contributed by atoms with Crippen molar-refractivity contribution in [3.8, 4) is 0 Å². The normalized spacial score (nSPS) is 19.5. The molecule has 3 N–H and O–H groups in total. The van der Waals surface area contributed by atoms with Gasteiger partial charge in [-0.3, -0.25) is 24.8 Å². The van der Waals surface area contributed by atoms with E-state index in [0.29, 0.717) is 5.17 Å². The van der Waals surface area contributed by atoms with Gasteiger partial charge in [-0.1, -0.05) is 17.8 Å². The third kappa shape index (κ3) is 2.89. The van der Waals surface area contributed by atoms with E-state index >= 15 is 0 Å². The molecular formula is C15H17N5O2S. The van der Waals surface area contributed by atoms with Crippen LogP contribution in [0.3, 0.4) is 0 Å². The number of nitrogens with zero attached hydrogens (tertiary/aromatic N) is 3. The highest BCUT2D eigenvalue weighted by Gasteiger charge is 2.38. The van der Waals surface area contributed by atoms with Crippen molar-refractivity contribution in [3.63, 3.8) is 0 Å². The Balaban J connectivity index is 1.80. The van der Waals surface area contributed by atoms with Crippen LogP contribution in [-0.2, 0) is 9.59 Å². The number of rotatable bonds is 3. The summed E-state index contributed by atoms with van der Waals surface area (Å²) in [7, 11) is 0. The number of benzene rings is 1. The molecular weight excluding hydrogens is 314 g/mol. The molecule has 0 spiro atoms. The predicted molar refractivity (Wildman–Crippen MR) is 90.4 cm³/mol. The van der Waals surface area contributed by atoms with Crippen molar-refractivity contribution in [2.24, 2.45) is 10.8 Å². The second-order valence-electron chi connectivity index (χ2n) is 5.36. The first-order valence-electron chi connectivity index (χ1n) is 7.08. The Morgan fingerprint density at radius 2 is 2.13 bits per heavy atom. The van der Waals surface area contributed by atoms with Crippen LogP contribution in [0, 0.1) is 13.8 Å². The van der Waals surface area contributed by atoms with Crippen LogP contribution in [0.2, 0.25) is 0 Å². The minimum absolute atomic E-state index is 0.118. The first kappa shape index (κ1) is 15.4. The standard InChI is InChI=1S/C15H17N5O2S/c1-9-3-4-11(7-10(9)2)19-5-6-20-13(14(19)22)17-18-15(20)23-8-12(16)21/h3-7,13,17H,8H2,1-2H3,(H2,16,21). The lowest BCUT2D eigenvalue weighted by atomic mass is 10.1. The number of amides is 2. The van der Waals surface area contributed by atoms with E-state index in [-0.39, 0.29) is 11.7 Å². The number of hydrogen-bond donors (Lipinski definition) is 2. The fourth-order valence-electron chi connectivity index (χ4n) is 2.35. The summed E-state index contributed by atoms with van der Waals surface area (Å²) >= 11 is 1.20. The van der Waals surface area contributed by atoms with Gasteiger partial charge in [0.25, 0.3) is 5.91 Å². The van der Waals surface area contributed by atoms with Gasteiger partial charge >= 0.3 is 0 Å². The Morgan fingerprint density at radius 1 is 1.35 bits per heavy atom. The molecule has 0 saturated carbocycles.